The lowest BCUT2D eigenvalue weighted by Gasteiger charge is -2.35. The molecule has 242 valence electrons. The molecule has 0 radical (unpaired) electrons. The molecule has 2 amide bonds. The number of benzene rings is 4. The van der Waals surface area contributed by atoms with Crippen LogP contribution in [0.25, 0.3) is 0 Å². The molecule has 4 aromatic rings. The molecular weight excluding hydrogens is 595 g/mol. The number of sulfonamides is 1. The van der Waals surface area contributed by atoms with Crippen LogP contribution in [0, 0.1) is 27.7 Å². The molecule has 46 heavy (non-hydrogen) atoms. The summed E-state index contributed by atoms with van der Waals surface area (Å²) in [4.78, 5) is 30.3. The van der Waals surface area contributed by atoms with Gasteiger partial charge in [-0.1, -0.05) is 95.6 Å². The summed E-state index contributed by atoms with van der Waals surface area (Å²) < 4.78 is 29.8. The van der Waals surface area contributed by atoms with Crippen LogP contribution in [0.5, 0.6) is 0 Å². The highest BCUT2D eigenvalue weighted by molar-refractivity contribution is 7.92. The lowest BCUT2D eigenvalue weighted by Crippen LogP contribution is -2.56. The van der Waals surface area contributed by atoms with Crippen molar-refractivity contribution in [1.82, 2.24) is 10.2 Å². The largest absolute Gasteiger partial charge is 0.350 e. The number of carbonyl (C=O) groups is 2. The minimum Gasteiger partial charge on any atom is -0.350 e. The summed E-state index contributed by atoms with van der Waals surface area (Å²) in [6.07, 6.45) is 0.259. The predicted molar refractivity (Wildman–Crippen MR) is 185 cm³/mol. The van der Waals surface area contributed by atoms with Gasteiger partial charge in [-0.3, -0.25) is 13.9 Å². The molecule has 0 aromatic heterocycles. The van der Waals surface area contributed by atoms with Crippen molar-refractivity contribution >= 4 is 27.5 Å². The highest BCUT2D eigenvalue weighted by Gasteiger charge is 2.36. The summed E-state index contributed by atoms with van der Waals surface area (Å²) in [7, 11) is -4.16. The molecule has 4 rings (SSSR count). The van der Waals surface area contributed by atoms with E-state index in [1.54, 1.807) is 30.3 Å². The first kappa shape index (κ1) is 34.4. The number of nitrogens with one attached hydrogen (secondary N) is 1. The van der Waals surface area contributed by atoms with Gasteiger partial charge in [0.1, 0.15) is 12.6 Å². The number of anilines is 1. The molecule has 0 heterocycles. The molecule has 0 saturated carbocycles. The highest BCUT2D eigenvalue weighted by atomic mass is 32.2. The number of hydrogen-bond acceptors (Lipinski definition) is 4. The van der Waals surface area contributed by atoms with Crippen molar-refractivity contribution in [2.24, 2.45) is 0 Å². The molecule has 0 unspecified atom stereocenters. The maximum Gasteiger partial charge on any atom is 0.264 e. The molecule has 1 N–H and O–H groups in total. The fourth-order valence-corrected chi connectivity index (χ4v) is 6.81. The topological polar surface area (TPSA) is 86.8 Å². The third kappa shape index (κ3) is 8.85. The molecule has 4 aromatic carbocycles. The molecule has 7 nitrogen and oxygen atoms in total. The molecule has 0 aliphatic heterocycles. The third-order valence-corrected chi connectivity index (χ3v) is 9.53. The summed E-state index contributed by atoms with van der Waals surface area (Å²) in [6, 6.07) is 28.5. The normalized spacial score (nSPS) is 12.3. The fourth-order valence-electron chi connectivity index (χ4n) is 5.33. The Morgan fingerprint density at radius 2 is 1.30 bits per heavy atom. The first-order valence-corrected chi connectivity index (χ1v) is 17.0. The summed E-state index contributed by atoms with van der Waals surface area (Å²) in [5.41, 5.74) is 5.27. The summed E-state index contributed by atoms with van der Waals surface area (Å²) in [5, 5.41) is 3.07. The molecule has 8 heteroatoms. The van der Waals surface area contributed by atoms with Gasteiger partial charge >= 0.3 is 0 Å². The molecule has 1 atom stereocenters. The SMILES string of the molecule is Cc1ccc(CN(C(=O)CN(c2ccc(C)cc2C)S(=O)(=O)c2ccc(C)cc2)[C@@H](Cc2ccccc2)C(=O)NC(C)(C)C)cc1. The van der Waals surface area contributed by atoms with Gasteiger partial charge in [0, 0.05) is 18.5 Å². The highest BCUT2D eigenvalue weighted by Crippen LogP contribution is 2.29. The van der Waals surface area contributed by atoms with Gasteiger partial charge in [0.2, 0.25) is 11.8 Å². The van der Waals surface area contributed by atoms with E-state index in [0.29, 0.717) is 5.69 Å². The summed E-state index contributed by atoms with van der Waals surface area (Å²) in [5.74, 6) is -0.794. The predicted octanol–water partition coefficient (Wildman–Crippen LogP) is 6.67. The number of hydrogen-bond donors (Lipinski definition) is 1. The van der Waals surface area contributed by atoms with E-state index in [0.717, 1.165) is 33.4 Å². The van der Waals surface area contributed by atoms with Crippen LogP contribution in [0.15, 0.2) is 102 Å². The van der Waals surface area contributed by atoms with Gasteiger partial charge in [-0.15, -0.1) is 0 Å². The Morgan fingerprint density at radius 3 is 1.87 bits per heavy atom. The van der Waals surface area contributed by atoms with E-state index >= 15 is 0 Å². The van der Waals surface area contributed by atoms with Crippen LogP contribution >= 0.6 is 0 Å². The minimum absolute atomic E-state index is 0.0854. The van der Waals surface area contributed by atoms with Gasteiger partial charge in [-0.25, -0.2) is 8.42 Å². The Hall–Kier alpha value is -4.43. The molecule has 0 spiro atoms. The minimum atomic E-state index is -4.16. The van der Waals surface area contributed by atoms with E-state index in [1.165, 1.54) is 9.21 Å². The Kier molecular flexibility index (Phi) is 10.7. The van der Waals surface area contributed by atoms with Crippen LogP contribution < -0.4 is 9.62 Å². The van der Waals surface area contributed by atoms with E-state index < -0.39 is 34.1 Å². The number of carbonyl (C=O) groups excluding carboxylic acids is 2. The first-order valence-electron chi connectivity index (χ1n) is 15.5. The Bertz CT molecular complexity index is 1760. The Balaban J connectivity index is 1.84. The zero-order chi connectivity index (χ0) is 33.6. The van der Waals surface area contributed by atoms with Crippen molar-refractivity contribution in [3.05, 3.63) is 130 Å². The van der Waals surface area contributed by atoms with Crippen molar-refractivity contribution in [1.29, 1.82) is 0 Å². The van der Waals surface area contributed by atoms with E-state index in [2.05, 4.69) is 5.32 Å². The van der Waals surface area contributed by atoms with Crippen LogP contribution in [-0.2, 0) is 32.6 Å². The second kappa shape index (κ2) is 14.3. The second-order valence-electron chi connectivity index (χ2n) is 13.1. The van der Waals surface area contributed by atoms with Gasteiger partial charge in [0.25, 0.3) is 10.0 Å². The van der Waals surface area contributed by atoms with Crippen LogP contribution in [0.1, 0.15) is 54.2 Å². The first-order chi connectivity index (χ1) is 21.6. The van der Waals surface area contributed by atoms with Crippen molar-refractivity contribution in [3.63, 3.8) is 0 Å². The monoisotopic (exact) mass is 639 g/mol. The number of aryl methyl sites for hydroxylation is 4. The van der Waals surface area contributed by atoms with Crippen LogP contribution in [0.2, 0.25) is 0 Å². The van der Waals surface area contributed by atoms with E-state index in [1.807, 2.05) is 115 Å². The fraction of sp³-hybridized carbons (Fsp3) is 0.316. The van der Waals surface area contributed by atoms with Crippen LogP contribution in [0.4, 0.5) is 5.69 Å². The van der Waals surface area contributed by atoms with Gasteiger partial charge in [-0.2, -0.15) is 0 Å². The molecular formula is C38H45N3O4S. The lowest BCUT2D eigenvalue weighted by molar-refractivity contribution is -0.140. The summed E-state index contributed by atoms with van der Waals surface area (Å²) in [6.45, 7) is 13.0. The Labute approximate surface area is 274 Å². The van der Waals surface area contributed by atoms with Crippen LogP contribution in [0.3, 0.4) is 0 Å². The average molecular weight is 640 g/mol. The van der Waals surface area contributed by atoms with Crippen molar-refractivity contribution < 1.29 is 18.0 Å². The second-order valence-corrected chi connectivity index (χ2v) is 14.9. The third-order valence-electron chi connectivity index (χ3n) is 7.75. The average Bonchev–Trinajstić information content (AvgIpc) is 2.98. The van der Waals surface area contributed by atoms with E-state index in [4.69, 9.17) is 0 Å². The van der Waals surface area contributed by atoms with Gasteiger partial charge in [-0.05, 0) is 83.4 Å². The van der Waals surface area contributed by atoms with Gasteiger partial charge in [0.05, 0.1) is 10.6 Å². The molecule has 0 saturated heterocycles. The van der Waals surface area contributed by atoms with Gasteiger partial charge < -0.3 is 10.2 Å². The molecule has 0 fully saturated rings. The van der Waals surface area contributed by atoms with Crippen LogP contribution in [-0.4, -0.2) is 43.3 Å². The lowest BCUT2D eigenvalue weighted by atomic mass is 10.0. The van der Waals surface area contributed by atoms with Crippen molar-refractivity contribution in [3.8, 4) is 0 Å². The number of rotatable bonds is 11. The summed E-state index contributed by atoms with van der Waals surface area (Å²) >= 11 is 0. The Morgan fingerprint density at radius 1 is 0.739 bits per heavy atom. The maximum atomic E-state index is 14.7. The molecule has 0 bridgehead atoms. The zero-order valence-corrected chi connectivity index (χ0v) is 28.7. The molecule has 0 aliphatic carbocycles. The standard InChI is InChI=1S/C38H45N3O4S/c1-27-13-18-32(19-14-27)25-40(35(37(43)39-38(5,6)7)24-31-11-9-8-10-12-31)36(42)26-41(34-22-17-29(3)23-30(34)4)46(44,45)33-20-15-28(2)16-21-33/h8-23,35H,24-26H2,1-7H3,(H,39,43)/t35-/m0/s1. The van der Waals surface area contributed by atoms with E-state index in [-0.39, 0.29) is 23.8 Å². The van der Waals surface area contributed by atoms with Crippen molar-refractivity contribution in [2.45, 2.75) is 77.9 Å². The van der Waals surface area contributed by atoms with Crippen molar-refractivity contribution in [2.75, 3.05) is 10.8 Å². The van der Waals surface area contributed by atoms with E-state index in [9.17, 15) is 18.0 Å². The molecule has 0 aliphatic rings. The smallest absolute Gasteiger partial charge is 0.264 e. The van der Waals surface area contributed by atoms with Gasteiger partial charge in [0.15, 0.2) is 0 Å². The maximum absolute atomic E-state index is 14.7. The zero-order valence-electron chi connectivity index (χ0n) is 27.9. The number of amides is 2. The quantitative estimate of drug-likeness (QED) is 0.199. The number of nitrogens with zero attached hydrogens (tertiary/aromatic N) is 2.